The summed E-state index contributed by atoms with van der Waals surface area (Å²) in [7, 11) is -3.00. The van der Waals surface area contributed by atoms with Crippen LogP contribution in [0.5, 0.6) is 0 Å². The van der Waals surface area contributed by atoms with Crippen LogP contribution in [0.1, 0.15) is 53.4 Å². The molecule has 2 rings (SSSR count). The summed E-state index contributed by atoms with van der Waals surface area (Å²) >= 11 is 0. The maximum absolute atomic E-state index is 12.3. The molecule has 0 unspecified atom stereocenters. The van der Waals surface area contributed by atoms with E-state index in [0.717, 1.165) is 38.8 Å². The van der Waals surface area contributed by atoms with Gasteiger partial charge >= 0.3 is 6.03 Å². The van der Waals surface area contributed by atoms with Crippen LogP contribution in [0.3, 0.4) is 0 Å². The second-order valence-corrected chi connectivity index (χ2v) is 10.9. The first-order valence-electron chi connectivity index (χ1n) is 8.25. The van der Waals surface area contributed by atoms with E-state index >= 15 is 0 Å². The molecular formula is C16H30N2O3S. The number of sulfone groups is 1. The topological polar surface area (TPSA) is 66.5 Å². The number of nitrogens with zero attached hydrogens (tertiary/aromatic N) is 1. The van der Waals surface area contributed by atoms with Crippen molar-refractivity contribution in [1.82, 2.24) is 10.2 Å². The molecule has 128 valence electrons. The largest absolute Gasteiger partial charge is 0.337 e. The summed E-state index contributed by atoms with van der Waals surface area (Å²) in [5.41, 5.74) is 0.311. The Hall–Kier alpha value is -0.780. The first kappa shape index (κ1) is 17.6. The third kappa shape index (κ3) is 4.86. The van der Waals surface area contributed by atoms with Crippen molar-refractivity contribution >= 4 is 15.9 Å². The van der Waals surface area contributed by atoms with Crippen LogP contribution in [0.4, 0.5) is 4.79 Å². The fraction of sp³-hybridized carbons (Fsp3) is 0.938. The molecule has 1 heterocycles. The van der Waals surface area contributed by atoms with Crippen LogP contribution in [0.2, 0.25) is 0 Å². The number of hydrogen-bond donors (Lipinski definition) is 1. The molecular weight excluding hydrogens is 300 g/mol. The molecule has 2 aliphatic rings. The van der Waals surface area contributed by atoms with Crippen molar-refractivity contribution in [1.29, 1.82) is 0 Å². The number of nitrogens with one attached hydrogen (secondary N) is 1. The molecule has 0 aromatic carbocycles. The van der Waals surface area contributed by atoms with E-state index in [9.17, 15) is 13.2 Å². The van der Waals surface area contributed by atoms with Crippen LogP contribution in [0.15, 0.2) is 0 Å². The van der Waals surface area contributed by atoms with Gasteiger partial charge in [0.1, 0.15) is 0 Å². The Morgan fingerprint density at radius 1 is 1.18 bits per heavy atom. The molecule has 1 aliphatic heterocycles. The molecule has 0 radical (unpaired) electrons. The van der Waals surface area contributed by atoms with Crippen LogP contribution in [0.25, 0.3) is 0 Å². The highest BCUT2D eigenvalue weighted by Crippen LogP contribution is 2.39. The molecule has 0 aromatic heterocycles. The first-order chi connectivity index (χ1) is 10.0. The lowest BCUT2D eigenvalue weighted by Crippen LogP contribution is -2.45. The molecule has 1 aliphatic carbocycles. The van der Waals surface area contributed by atoms with Gasteiger partial charge in [0.2, 0.25) is 0 Å². The zero-order valence-electron chi connectivity index (χ0n) is 14.3. The van der Waals surface area contributed by atoms with E-state index in [0.29, 0.717) is 0 Å². The van der Waals surface area contributed by atoms with Gasteiger partial charge in [-0.25, -0.2) is 13.2 Å². The average molecular weight is 330 g/mol. The van der Waals surface area contributed by atoms with Crippen LogP contribution in [0, 0.1) is 10.8 Å². The standard InChI is InChI=1S/C16H30N2O3S/c1-15(2)7-9-18(12-16(3,4)11-15)14(19)17-8-10-22(20,21)13-5-6-13/h13H,5-12H2,1-4H3,(H,17,19). The molecule has 1 saturated carbocycles. The van der Waals surface area contributed by atoms with E-state index in [2.05, 4.69) is 33.0 Å². The number of carbonyl (C=O) groups is 1. The monoisotopic (exact) mass is 330 g/mol. The molecule has 0 atom stereocenters. The van der Waals surface area contributed by atoms with Gasteiger partial charge in [-0.1, -0.05) is 27.7 Å². The second-order valence-electron chi connectivity index (χ2n) is 8.48. The number of amides is 2. The highest BCUT2D eigenvalue weighted by atomic mass is 32.2. The first-order valence-corrected chi connectivity index (χ1v) is 9.97. The van der Waals surface area contributed by atoms with Gasteiger partial charge in [0.15, 0.2) is 9.84 Å². The number of hydrogen-bond acceptors (Lipinski definition) is 3. The minimum atomic E-state index is -3.00. The van der Waals surface area contributed by atoms with Gasteiger partial charge < -0.3 is 10.2 Å². The van der Waals surface area contributed by atoms with Crippen molar-refractivity contribution in [3.63, 3.8) is 0 Å². The number of likely N-dealkylation sites (tertiary alicyclic amines) is 1. The van der Waals surface area contributed by atoms with Gasteiger partial charge in [0.25, 0.3) is 0 Å². The van der Waals surface area contributed by atoms with E-state index in [1.54, 1.807) is 0 Å². The Morgan fingerprint density at radius 3 is 2.41 bits per heavy atom. The Labute approximate surface area is 134 Å². The Bertz CT molecular complexity index is 522. The van der Waals surface area contributed by atoms with Crippen molar-refractivity contribution in [2.45, 2.75) is 58.6 Å². The van der Waals surface area contributed by atoms with Crippen molar-refractivity contribution in [2.24, 2.45) is 10.8 Å². The minimum Gasteiger partial charge on any atom is -0.337 e. The Morgan fingerprint density at radius 2 is 1.82 bits per heavy atom. The summed E-state index contributed by atoms with van der Waals surface area (Å²) < 4.78 is 23.7. The molecule has 0 bridgehead atoms. The lowest BCUT2D eigenvalue weighted by molar-refractivity contribution is 0.170. The molecule has 5 nitrogen and oxygen atoms in total. The van der Waals surface area contributed by atoms with Crippen molar-refractivity contribution in [3.05, 3.63) is 0 Å². The van der Waals surface area contributed by atoms with Gasteiger partial charge in [-0.3, -0.25) is 0 Å². The van der Waals surface area contributed by atoms with Gasteiger partial charge in [0, 0.05) is 19.6 Å². The lowest BCUT2D eigenvalue weighted by Gasteiger charge is -2.32. The molecule has 22 heavy (non-hydrogen) atoms. The van der Waals surface area contributed by atoms with E-state index < -0.39 is 9.84 Å². The maximum atomic E-state index is 12.3. The summed E-state index contributed by atoms with van der Waals surface area (Å²) in [4.78, 5) is 14.2. The van der Waals surface area contributed by atoms with E-state index in [-0.39, 0.29) is 34.4 Å². The summed E-state index contributed by atoms with van der Waals surface area (Å²) in [5, 5.41) is 2.64. The molecule has 0 spiro atoms. The molecule has 2 fully saturated rings. The third-order valence-electron chi connectivity index (χ3n) is 4.62. The van der Waals surface area contributed by atoms with Gasteiger partial charge in [-0.15, -0.1) is 0 Å². The van der Waals surface area contributed by atoms with Gasteiger partial charge in [-0.2, -0.15) is 0 Å². The highest BCUT2D eigenvalue weighted by molar-refractivity contribution is 7.92. The molecule has 6 heteroatoms. The van der Waals surface area contributed by atoms with Crippen LogP contribution in [-0.4, -0.2) is 50.0 Å². The van der Waals surface area contributed by atoms with Crippen LogP contribution in [-0.2, 0) is 9.84 Å². The van der Waals surface area contributed by atoms with Crippen LogP contribution >= 0.6 is 0 Å². The van der Waals surface area contributed by atoms with Crippen molar-refractivity contribution in [2.75, 3.05) is 25.4 Å². The predicted octanol–water partition coefficient (Wildman–Crippen LogP) is 2.42. The second kappa shape index (κ2) is 6.02. The Balaban J connectivity index is 1.86. The Kier molecular flexibility index (Phi) is 4.81. The number of carbonyl (C=O) groups excluding carboxylic acids is 1. The fourth-order valence-corrected chi connectivity index (χ4v) is 5.23. The van der Waals surface area contributed by atoms with Gasteiger partial charge in [-0.05, 0) is 36.5 Å². The summed E-state index contributed by atoms with van der Waals surface area (Å²) in [5.74, 6) is 0.0616. The van der Waals surface area contributed by atoms with Crippen molar-refractivity contribution in [3.8, 4) is 0 Å². The summed E-state index contributed by atoms with van der Waals surface area (Å²) in [6.07, 6.45) is 3.63. The van der Waals surface area contributed by atoms with Crippen molar-refractivity contribution < 1.29 is 13.2 Å². The summed E-state index contributed by atoms with van der Waals surface area (Å²) in [6.45, 7) is 10.6. The van der Waals surface area contributed by atoms with Crippen LogP contribution < -0.4 is 5.32 Å². The molecule has 2 amide bonds. The normalized spacial score (nSPS) is 24.6. The average Bonchev–Trinajstić information content (AvgIpc) is 3.16. The third-order valence-corrected chi connectivity index (χ3v) is 6.88. The zero-order valence-corrected chi connectivity index (χ0v) is 15.1. The zero-order chi connectivity index (χ0) is 16.6. The lowest BCUT2D eigenvalue weighted by atomic mass is 9.75. The van der Waals surface area contributed by atoms with E-state index in [1.165, 1.54) is 0 Å². The fourth-order valence-electron chi connectivity index (χ4n) is 3.65. The summed E-state index contributed by atoms with van der Waals surface area (Å²) in [6, 6.07) is -0.128. The molecule has 1 saturated heterocycles. The van der Waals surface area contributed by atoms with E-state index in [4.69, 9.17) is 0 Å². The quantitative estimate of drug-likeness (QED) is 0.861. The predicted molar refractivity (Wildman–Crippen MR) is 88.6 cm³/mol. The maximum Gasteiger partial charge on any atom is 0.317 e. The smallest absolute Gasteiger partial charge is 0.317 e. The minimum absolute atomic E-state index is 0.0616. The SMILES string of the molecule is CC1(C)CCN(C(=O)NCCS(=O)(=O)C2CC2)CC(C)(C)C1. The molecule has 0 aromatic rings. The van der Waals surface area contributed by atoms with E-state index in [1.807, 2.05) is 4.90 Å². The number of rotatable bonds is 4. The number of urea groups is 1. The highest BCUT2D eigenvalue weighted by Gasteiger charge is 2.37. The molecule has 1 N–H and O–H groups in total. The van der Waals surface area contributed by atoms with Gasteiger partial charge in [0.05, 0.1) is 11.0 Å².